The van der Waals surface area contributed by atoms with Crippen LogP contribution in [0.1, 0.15) is 29.8 Å². The number of nitrogens with zero attached hydrogens (tertiary/aromatic N) is 2. The second kappa shape index (κ2) is 8.16. The van der Waals surface area contributed by atoms with Gasteiger partial charge in [-0.15, -0.1) is 0 Å². The van der Waals surface area contributed by atoms with Gasteiger partial charge in [-0.05, 0) is 49.9 Å². The number of methoxy groups -OCH3 is 1. The van der Waals surface area contributed by atoms with Gasteiger partial charge in [0.1, 0.15) is 5.75 Å². The van der Waals surface area contributed by atoms with Crippen LogP contribution in [-0.4, -0.2) is 28.7 Å². The van der Waals surface area contributed by atoms with Crippen LogP contribution >= 0.6 is 11.8 Å². The van der Waals surface area contributed by atoms with Crippen LogP contribution < -0.4 is 10.1 Å². The molecule has 0 atom stereocenters. The van der Waals surface area contributed by atoms with E-state index in [1.54, 1.807) is 24.3 Å². The van der Waals surface area contributed by atoms with Gasteiger partial charge in [0.2, 0.25) is 5.91 Å². The molecule has 27 heavy (non-hydrogen) atoms. The molecule has 1 N–H and O–H groups in total. The molecule has 1 heterocycles. The molecule has 9 heteroatoms. The Bertz CT molecular complexity index is 826. The molecule has 0 spiro atoms. The van der Waals surface area contributed by atoms with Crippen LogP contribution in [0.4, 0.5) is 18.9 Å². The molecule has 1 amide bonds. The van der Waals surface area contributed by atoms with Gasteiger partial charge in [-0.25, -0.2) is 9.97 Å². The highest BCUT2D eigenvalue weighted by Crippen LogP contribution is 2.35. The number of rotatable bonds is 5. The van der Waals surface area contributed by atoms with Gasteiger partial charge in [0.05, 0.1) is 12.9 Å². The maximum atomic E-state index is 13.3. The summed E-state index contributed by atoms with van der Waals surface area (Å²) >= 11 is 0.900. The van der Waals surface area contributed by atoms with E-state index in [1.807, 2.05) is 0 Å². The first kappa shape index (κ1) is 19.5. The van der Waals surface area contributed by atoms with E-state index < -0.39 is 11.9 Å². The zero-order valence-electron chi connectivity index (χ0n) is 14.6. The number of carbonyl (C=O) groups excluding carboxylic acids is 1. The van der Waals surface area contributed by atoms with Crippen LogP contribution in [0.15, 0.2) is 29.4 Å². The minimum Gasteiger partial charge on any atom is -0.497 e. The minimum absolute atomic E-state index is 0.0205. The molecule has 0 fully saturated rings. The molecule has 3 rings (SSSR count). The number of ether oxygens (including phenoxy) is 1. The number of hydrogen-bond donors (Lipinski definition) is 1. The van der Waals surface area contributed by atoms with E-state index in [0.717, 1.165) is 18.2 Å². The summed E-state index contributed by atoms with van der Waals surface area (Å²) in [5.41, 5.74) is 0.344. The van der Waals surface area contributed by atoms with Crippen molar-refractivity contribution < 1.29 is 22.7 Å². The smallest absolute Gasteiger partial charge is 0.433 e. The number of benzene rings is 1. The summed E-state index contributed by atoms with van der Waals surface area (Å²) in [6, 6.07) is 6.76. The molecule has 0 radical (unpaired) electrons. The summed E-state index contributed by atoms with van der Waals surface area (Å²) in [5, 5.41) is 2.66. The Balaban J connectivity index is 1.69. The molecule has 0 saturated heterocycles. The van der Waals surface area contributed by atoms with Gasteiger partial charge in [-0.2, -0.15) is 13.2 Å². The summed E-state index contributed by atoms with van der Waals surface area (Å²) in [6.45, 7) is 0. The lowest BCUT2D eigenvalue weighted by atomic mass is 9.94. The second-order valence-electron chi connectivity index (χ2n) is 6.05. The summed E-state index contributed by atoms with van der Waals surface area (Å²) in [4.78, 5) is 20.0. The van der Waals surface area contributed by atoms with Crippen molar-refractivity contribution in [2.75, 3.05) is 18.2 Å². The molecule has 2 aromatic rings. The summed E-state index contributed by atoms with van der Waals surface area (Å²) in [5.74, 6) is 0.229. The van der Waals surface area contributed by atoms with E-state index in [2.05, 4.69) is 15.3 Å². The fourth-order valence-corrected chi connectivity index (χ4v) is 3.53. The lowest BCUT2D eigenvalue weighted by Crippen LogP contribution is -2.20. The highest BCUT2D eigenvalue weighted by molar-refractivity contribution is 7.99. The topological polar surface area (TPSA) is 64.1 Å². The lowest BCUT2D eigenvalue weighted by Gasteiger charge is -2.20. The molecule has 1 aromatic heterocycles. The first-order valence-electron chi connectivity index (χ1n) is 8.40. The molecule has 0 unspecified atom stereocenters. The molecule has 144 valence electrons. The Morgan fingerprint density at radius 2 is 1.89 bits per heavy atom. The number of thioether (sulfide) groups is 1. The third kappa shape index (κ3) is 4.91. The van der Waals surface area contributed by atoms with Crippen LogP contribution in [0, 0.1) is 0 Å². The number of nitrogens with one attached hydrogen (secondary N) is 1. The van der Waals surface area contributed by atoms with E-state index in [0.29, 0.717) is 36.4 Å². The third-order valence-corrected chi connectivity index (χ3v) is 4.98. The van der Waals surface area contributed by atoms with Crippen molar-refractivity contribution in [2.45, 2.75) is 37.0 Å². The maximum Gasteiger partial charge on any atom is 0.433 e. The molecule has 0 aliphatic heterocycles. The van der Waals surface area contributed by atoms with Crippen molar-refractivity contribution >= 4 is 23.4 Å². The number of alkyl halides is 3. The lowest BCUT2D eigenvalue weighted by molar-refractivity contribution is -0.142. The fourth-order valence-electron chi connectivity index (χ4n) is 2.87. The minimum atomic E-state index is -4.52. The van der Waals surface area contributed by atoms with Crippen molar-refractivity contribution in [1.82, 2.24) is 9.97 Å². The highest BCUT2D eigenvalue weighted by Gasteiger charge is 2.38. The predicted molar refractivity (Wildman–Crippen MR) is 96.0 cm³/mol. The number of hydrogen-bond acceptors (Lipinski definition) is 5. The average molecular weight is 397 g/mol. The summed E-state index contributed by atoms with van der Waals surface area (Å²) in [7, 11) is 1.54. The van der Waals surface area contributed by atoms with Gasteiger partial charge in [-0.3, -0.25) is 4.79 Å². The standard InChI is InChI=1S/C18H18F3N3O2S/c1-26-12-8-6-11(7-9-12)22-15(25)10-27-17-23-14-5-3-2-4-13(14)16(24-17)18(19,20)21/h6-9H,2-5,10H2,1H3,(H,22,25). The second-order valence-corrected chi connectivity index (χ2v) is 6.99. The molecule has 1 aliphatic rings. The molecular formula is C18H18F3N3O2S. The summed E-state index contributed by atoms with van der Waals surface area (Å²) in [6.07, 6.45) is -2.16. The van der Waals surface area contributed by atoms with E-state index in [9.17, 15) is 18.0 Å². The highest BCUT2D eigenvalue weighted by atomic mass is 32.2. The normalized spacial score (nSPS) is 13.8. The van der Waals surface area contributed by atoms with Gasteiger partial charge in [0.25, 0.3) is 0 Å². The van der Waals surface area contributed by atoms with Crippen molar-refractivity contribution in [3.8, 4) is 5.75 Å². The number of fused-ring (bicyclic) bond motifs is 1. The zero-order valence-corrected chi connectivity index (χ0v) is 15.4. The Kier molecular flexibility index (Phi) is 5.88. The van der Waals surface area contributed by atoms with E-state index >= 15 is 0 Å². The summed E-state index contributed by atoms with van der Waals surface area (Å²) < 4.78 is 45.0. The first-order chi connectivity index (χ1) is 12.9. The van der Waals surface area contributed by atoms with Crippen LogP contribution in [0.5, 0.6) is 5.75 Å². The largest absolute Gasteiger partial charge is 0.497 e. The SMILES string of the molecule is COc1ccc(NC(=O)CSc2nc3c(c(C(F)(F)F)n2)CCCC3)cc1. The van der Waals surface area contributed by atoms with Gasteiger partial charge in [-0.1, -0.05) is 11.8 Å². The Labute approximate surface area is 158 Å². The molecule has 0 bridgehead atoms. The van der Waals surface area contributed by atoms with Gasteiger partial charge in [0, 0.05) is 16.9 Å². The van der Waals surface area contributed by atoms with Gasteiger partial charge < -0.3 is 10.1 Å². The average Bonchev–Trinajstić information content (AvgIpc) is 2.65. The Hall–Kier alpha value is -2.29. The zero-order chi connectivity index (χ0) is 19.4. The fraction of sp³-hybridized carbons (Fsp3) is 0.389. The number of halogens is 3. The van der Waals surface area contributed by atoms with Gasteiger partial charge >= 0.3 is 6.18 Å². The van der Waals surface area contributed by atoms with Crippen LogP contribution in [0.25, 0.3) is 0 Å². The monoisotopic (exact) mass is 397 g/mol. The first-order valence-corrected chi connectivity index (χ1v) is 9.39. The van der Waals surface area contributed by atoms with Crippen LogP contribution in [0.3, 0.4) is 0 Å². The number of amides is 1. The number of anilines is 1. The van der Waals surface area contributed by atoms with Crippen LogP contribution in [-0.2, 0) is 23.8 Å². The number of carbonyl (C=O) groups is 1. The van der Waals surface area contributed by atoms with E-state index in [-0.39, 0.29) is 22.4 Å². The van der Waals surface area contributed by atoms with Gasteiger partial charge in [0.15, 0.2) is 10.9 Å². The van der Waals surface area contributed by atoms with Crippen LogP contribution in [0.2, 0.25) is 0 Å². The molecule has 1 aliphatic carbocycles. The van der Waals surface area contributed by atoms with E-state index in [4.69, 9.17) is 4.74 Å². The third-order valence-electron chi connectivity index (χ3n) is 4.14. The maximum absolute atomic E-state index is 13.3. The molecule has 0 saturated carbocycles. The number of aryl methyl sites for hydroxylation is 1. The Morgan fingerprint density at radius 1 is 1.19 bits per heavy atom. The molecular weight excluding hydrogens is 379 g/mol. The van der Waals surface area contributed by atoms with E-state index in [1.165, 1.54) is 7.11 Å². The quantitative estimate of drug-likeness (QED) is 0.608. The van der Waals surface area contributed by atoms with Crippen molar-refractivity contribution in [3.05, 3.63) is 41.2 Å². The van der Waals surface area contributed by atoms with Crippen molar-refractivity contribution in [1.29, 1.82) is 0 Å². The molecule has 1 aromatic carbocycles. The predicted octanol–water partition coefficient (Wildman–Crippen LogP) is 4.11. The molecule has 5 nitrogen and oxygen atoms in total. The van der Waals surface area contributed by atoms with Crippen molar-refractivity contribution in [2.24, 2.45) is 0 Å². The Morgan fingerprint density at radius 3 is 2.56 bits per heavy atom. The number of aromatic nitrogens is 2. The van der Waals surface area contributed by atoms with Crippen molar-refractivity contribution in [3.63, 3.8) is 0 Å².